The van der Waals surface area contributed by atoms with Crippen molar-refractivity contribution in [2.45, 2.75) is 6.92 Å². The average molecular weight is 879 g/mol. The highest BCUT2D eigenvalue weighted by atomic mass is 15.0. The molecule has 69 heavy (non-hydrogen) atoms. The molecule has 320 valence electrons. The normalized spacial score (nSPS) is 11.8. The number of nitriles is 2. The van der Waals surface area contributed by atoms with Crippen LogP contribution >= 0.6 is 0 Å². The zero-order chi connectivity index (χ0) is 45.9. The minimum atomic E-state index is 0.517. The Labute approximate surface area is 396 Å². The number of fused-ring (bicyclic) bond motifs is 14. The van der Waals surface area contributed by atoms with E-state index < -0.39 is 0 Å². The highest BCUT2D eigenvalue weighted by Crippen LogP contribution is 2.47. The van der Waals surface area contributed by atoms with Crippen LogP contribution in [0.2, 0.25) is 0 Å². The molecule has 0 aliphatic rings. The Morgan fingerprint density at radius 2 is 0.768 bits per heavy atom. The number of rotatable bonds is 5. The highest BCUT2D eigenvalue weighted by Gasteiger charge is 2.28. The van der Waals surface area contributed by atoms with E-state index in [9.17, 15) is 10.5 Å². The molecule has 0 atom stereocenters. The number of para-hydroxylation sites is 6. The lowest BCUT2D eigenvalue weighted by atomic mass is 9.93. The van der Waals surface area contributed by atoms with Gasteiger partial charge in [-0.1, -0.05) is 133 Å². The molecule has 0 spiro atoms. The number of nitrogens with zero attached hydrogens (tertiary/aromatic N) is 6. The maximum atomic E-state index is 12.0. The van der Waals surface area contributed by atoms with E-state index >= 15 is 0 Å². The van der Waals surface area contributed by atoms with Gasteiger partial charge in [0.2, 0.25) is 0 Å². The Kier molecular flexibility index (Phi) is 8.23. The Morgan fingerprint density at radius 3 is 1.22 bits per heavy atom. The molecule has 4 aromatic heterocycles. The third kappa shape index (κ3) is 5.34. The lowest BCUT2D eigenvalue weighted by molar-refractivity contribution is 1.12. The van der Waals surface area contributed by atoms with Crippen LogP contribution in [0.3, 0.4) is 0 Å². The van der Waals surface area contributed by atoms with E-state index in [2.05, 4.69) is 238 Å². The smallest absolute Gasteiger partial charge is 0.104 e. The zero-order valence-electron chi connectivity index (χ0n) is 37.4. The van der Waals surface area contributed by atoms with E-state index in [0.717, 1.165) is 127 Å². The van der Waals surface area contributed by atoms with Crippen molar-refractivity contribution in [3.63, 3.8) is 0 Å². The van der Waals surface area contributed by atoms with Crippen LogP contribution < -0.4 is 0 Å². The fraction of sp³-hybridized carbons (Fsp3) is 0.0159. The number of aryl methyl sites for hydroxylation is 1. The molecule has 0 amide bonds. The quantitative estimate of drug-likeness (QED) is 0.173. The molecule has 0 radical (unpaired) electrons. The van der Waals surface area contributed by atoms with Crippen LogP contribution in [0.15, 0.2) is 212 Å². The highest BCUT2D eigenvalue weighted by molar-refractivity contribution is 6.28. The van der Waals surface area contributed by atoms with Crippen LogP contribution in [0.1, 0.15) is 16.7 Å². The summed E-state index contributed by atoms with van der Waals surface area (Å²) < 4.78 is 9.35. The summed E-state index contributed by atoms with van der Waals surface area (Å²) in [5, 5.41) is 31.6. The second kappa shape index (κ2) is 14.7. The SMILES string of the molecule is Cc1cccc(C#N)c1-c1cc(-n2c3ccccc3c3ccc4c(c5ccccc5n4-c4ccccc4)c32)c(C#N)c(-n2c3ccccc3c3ccc4c(c5ccccc5n4-c4ccccc4)c32)c1. The van der Waals surface area contributed by atoms with Crippen LogP contribution in [0.25, 0.3) is 121 Å². The van der Waals surface area contributed by atoms with E-state index in [1.807, 2.05) is 12.1 Å². The summed E-state index contributed by atoms with van der Waals surface area (Å²) in [5.41, 5.74) is 15.7. The molecule has 14 rings (SSSR count). The molecular formula is C63H38N6. The van der Waals surface area contributed by atoms with Gasteiger partial charge in [-0.3, -0.25) is 0 Å². The van der Waals surface area contributed by atoms with Crippen molar-refractivity contribution in [3.05, 3.63) is 229 Å². The molecule has 14 aromatic rings. The van der Waals surface area contributed by atoms with Crippen molar-refractivity contribution in [2.75, 3.05) is 0 Å². The second-order valence-corrected chi connectivity index (χ2v) is 17.9. The predicted molar refractivity (Wildman–Crippen MR) is 283 cm³/mol. The predicted octanol–water partition coefficient (Wildman–Crippen LogP) is 15.8. The second-order valence-electron chi connectivity index (χ2n) is 17.9. The van der Waals surface area contributed by atoms with Gasteiger partial charge < -0.3 is 18.3 Å². The van der Waals surface area contributed by atoms with Crippen molar-refractivity contribution in [2.24, 2.45) is 0 Å². The van der Waals surface area contributed by atoms with Gasteiger partial charge in [0.1, 0.15) is 11.6 Å². The van der Waals surface area contributed by atoms with Crippen LogP contribution in [0, 0.1) is 29.6 Å². The summed E-state index contributed by atoms with van der Waals surface area (Å²) in [6.07, 6.45) is 0. The first kappa shape index (κ1) is 38.6. The van der Waals surface area contributed by atoms with Gasteiger partial charge in [-0.15, -0.1) is 0 Å². The van der Waals surface area contributed by atoms with Crippen molar-refractivity contribution in [1.82, 2.24) is 18.3 Å². The topological polar surface area (TPSA) is 67.3 Å². The standard InChI is InChI=1S/C63H38N6/c1-39-17-16-18-40(37-64)59(39)41-35-57(68-51-27-12-8-23-44(51)46-31-33-55-60(62(46)68)48-25-10-14-29-53(48)66(55)42-19-4-2-5-20-42)50(38-65)58(36-41)69-52-28-13-9-24-45(52)47-32-34-56-61(63(47)69)49-26-11-15-30-54(49)67(56)43-21-6-3-7-22-43/h2-36H,1H3. The van der Waals surface area contributed by atoms with Crippen LogP contribution in [-0.2, 0) is 0 Å². The number of hydrogen-bond donors (Lipinski definition) is 0. The van der Waals surface area contributed by atoms with Gasteiger partial charge in [-0.05, 0) is 96.9 Å². The molecule has 0 saturated carbocycles. The van der Waals surface area contributed by atoms with E-state index in [0.29, 0.717) is 11.1 Å². The summed E-state index contributed by atoms with van der Waals surface area (Å²) in [6, 6.07) is 79.9. The van der Waals surface area contributed by atoms with E-state index in [1.165, 1.54) is 0 Å². The van der Waals surface area contributed by atoms with Crippen LogP contribution in [-0.4, -0.2) is 18.3 Å². The molecule has 0 aliphatic heterocycles. The van der Waals surface area contributed by atoms with E-state index in [-0.39, 0.29) is 0 Å². The van der Waals surface area contributed by atoms with Crippen molar-refractivity contribution >= 4 is 87.2 Å². The first-order chi connectivity index (χ1) is 34.1. The number of aromatic nitrogens is 4. The minimum absolute atomic E-state index is 0.517. The lowest BCUT2D eigenvalue weighted by Gasteiger charge is -2.20. The van der Waals surface area contributed by atoms with Gasteiger partial charge in [0.25, 0.3) is 0 Å². The first-order valence-corrected chi connectivity index (χ1v) is 23.2. The molecular weight excluding hydrogens is 841 g/mol. The van der Waals surface area contributed by atoms with Crippen molar-refractivity contribution < 1.29 is 0 Å². The summed E-state index contributed by atoms with van der Waals surface area (Å²) in [4.78, 5) is 0. The molecule has 10 aromatic carbocycles. The maximum absolute atomic E-state index is 12.0. The third-order valence-corrected chi connectivity index (χ3v) is 14.3. The minimum Gasteiger partial charge on any atom is -0.309 e. The summed E-state index contributed by atoms with van der Waals surface area (Å²) in [5.74, 6) is 0. The molecule has 0 N–H and O–H groups in total. The Balaban J connectivity index is 1.20. The van der Waals surface area contributed by atoms with Gasteiger partial charge in [0.15, 0.2) is 0 Å². The van der Waals surface area contributed by atoms with Gasteiger partial charge in [0, 0.05) is 60.0 Å². The third-order valence-electron chi connectivity index (χ3n) is 14.3. The number of benzene rings is 10. The van der Waals surface area contributed by atoms with Crippen LogP contribution in [0.4, 0.5) is 0 Å². The molecule has 0 fully saturated rings. The summed E-state index contributed by atoms with van der Waals surface area (Å²) >= 11 is 0. The van der Waals surface area contributed by atoms with Crippen molar-refractivity contribution in [1.29, 1.82) is 10.5 Å². The van der Waals surface area contributed by atoms with E-state index in [1.54, 1.807) is 0 Å². The molecule has 6 nitrogen and oxygen atoms in total. The number of hydrogen-bond acceptors (Lipinski definition) is 2. The molecule has 0 unspecified atom stereocenters. The fourth-order valence-corrected chi connectivity index (χ4v) is 11.6. The largest absolute Gasteiger partial charge is 0.309 e. The Morgan fingerprint density at radius 1 is 0.348 bits per heavy atom. The molecule has 6 heteroatoms. The fourth-order valence-electron chi connectivity index (χ4n) is 11.6. The van der Waals surface area contributed by atoms with E-state index in [4.69, 9.17) is 0 Å². The van der Waals surface area contributed by atoms with Crippen LogP contribution in [0.5, 0.6) is 0 Å². The van der Waals surface area contributed by atoms with Gasteiger partial charge in [-0.2, -0.15) is 10.5 Å². The summed E-state index contributed by atoms with van der Waals surface area (Å²) in [6.45, 7) is 2.07. The molecule has 0 aliphatic carbocycles. The lowest BCUT2D eigenvalue weighted by Crippen LogP contribution is -2.06. The first-order valence-electron chi connectivity index (χ1n) is 23.2. The summed E-state index contributed by atoms with van der Waals surface area (Å²) in [7, 11) is 0. The monoisotopic (exact) mass is 878 g/mol. The average Bonchev–Trinajstić information content (AvgIpc) is 4.13. The van der Waals surface area contributed by atoms with Gasteiger partial charge in [-0.25, -0.2) is 0 Å². The molecule has 4 heterocycles. The molecule has 0 bridgehead atoms. The Bertz CT molecular complexity index is 4310. The zero-order valence-corrected chi connectivity index (χ0v) is 37.4. The molecule has 0 saturated heterocycles. The van der Waals surface area contributed by atoms with Gasteiger partial charge in [0.05, 0.1) is 67.1 Å². The van der Waals surface area contributed by atoms with Crippen molar-refractivity contribution in [3.8, 4) is 46.0 Å². The Hall–Kier alpha value is -9.62. The van der Waals surface area contributed by atoms with Gasteiger partial charge >= 0.3 is 0 Å². The maximum Gasteiger partial charge on any atom is 0.104 e.